The molecule has 0 fully saturated rings. The first kappa shape index (κ1) is 15.2. The summed E-state index contributed by atoms with van der Waals surface area (Å²) in [5, 5.41) is 8.69. The van der Waals surface area contributed by atoms with Crippen LogP contribution in [0.5, 0.6) is 0 Å². The van der Waals surface area contributed by atoms with Crippen LogP contribution in [0.2, 0.25) is 0 Å². The Morgan fingerprint density at radius 3 is 2.39 bits per heavy atom. The molecule has 0 aliphatic rings. The second-order valence-electron chi connectivity index (χ2n) is 5.13. The molecule has 0 N–H and O–H groups in total. The third-order valence-electron chi connectivity index (χ3n) is 2.20. The molecule has 0 bridgehead atoms. The highest BCUT2D eigenvalue weighted by Gasteiger charge is 2.34. The minimum Gasteiger partial charge on any atom is -0.468 e. The van der Waals surface area contributed by atoms with Crippen molar-refractivity contribution >= 4 is 34.2 Å². The Hall–Kier alpha value is -0.820. The number of carbonyl (C=O) groups is 1. The third-order valence-corrected chi connectivity index (χ3v) is 5.04. The predicted octanol–water partition coefficient (Wildman–Crippen LogP) is 2.28. The van der Waals surface area contributed by atoms with Gasteiger partial charge < -0.3 is 9.64 Å². The molecule has 0 radical (unpaired) electrons. The van der Waals surface area contributed by atoms with Crippen molar-refractivity contribution in [3.8, 4) is 0 Å². The molecule has 5 nitrogen and oxygen atoms in total. The average molecular weight is 289 g/mol. The number of carbonyl (C=O) groups excluding carboxylic acids is 1. The SMILES string of the molecule is COC(=O)C(Sc1nnc(N(C)C)s1)C(C)(C)C. The Balaban J connectivity index is 2.86. The Kier molecular flexibility index (Phi) is 4.98. The predicted molar refractivity (Wildman–Crippen MR) is 75.4 cm³/mol. The van der Waals surface area contributed by atoms with Crippen LogP contribution in [0.15, 0.2) is 4.34 Å². The van der Waals surface area contributed by atoms with Crippen LogP contribution in [0.3, 0.4) is 0 Å². The van der Waals surface area contributed by atoms with Crippen LogP contribution >= 0.6 is 23.1 Å². The van der Waals surface area contributed by atoms with Crippen molar-refractivity contribution in [2.45, 2.75) is 30.4 Å². The van der Waals surface area contributed by atoms with E-state index >= 15 is 0 Å². The lowest BCUT2D eigenvalue weighted by Gasteiger charge is -2.26. The largest absolute Gasteiger partial charge is 0.468 e. The van der Waals surface area contributed by atoms with Gasteiger partial charge in [0.15, 0.2) is 4.34 Å². The Labute approximate surface area is 116 Å². The standard InChI is InChI=1S/C11H19N3O2S2/c1-11(2,3)7(8(15)16-6)17-10-13-12-9(18-10)14(4)5/h7H,1-6H3. The summed E-state index contributed by atoms with van der Waals surface area (Å²) in [7, 11) is 5.24. The van der Waals surface area contributed by atoms with Gasteiger partial charge in [-0.25, -0.2) is 0 Å². The number of thioether (sulfide) groups is 1. The molecule has 1 rings (SSSR count). The van der Waals surface area contributed by atoms with Crippen molar-refractivity contribution in [2.75, 3.05) is 26.1 Å². The first-order chi connectivity index (χ1) is 8.25. The van der Waals surface area contributed by atoms with Crippen LogP contribution in [0, 0.1) is 5.41 Å². The van der Waals surface area contributed by atoms with Crippen molar-refractivity contribution in [3.63, 3.8) is 0 Å². The molecule has 18 heavy (non-hydrogen) atoms. The number of hydrogen-bond donors (Lipinski definition) is 0. The smallest absolute Gasteiger partial charge is 0.319 e. The maximum absolute atomic E-state index is 11.8. The molecular weight excluding hydrogens is 270 g/mol. The van der Waals surface area contributed by atoms with Crippen molar-refractivity contribution < 1.29 is 9.53 Å². The zero-order valence-corrected chi connectivity index (χ0v) is 13.2. The molecule has 0 spiro atoms. The molecule has 1 atom stereocenters. The molecular formula is C11H19N3O2S2. The normalized spacial score (nSPS) is 13.2. The van der Waals surface area contributed by atoms with Gasteiger partial charge in [0.25, 0.3) is 0 Å². The number of nitrogens with zero attached hydrogens (tertiary/aromatic N) is 3. The van der Waals surface area contributed by atoms with Gasteiger partial charge >= 0.3 is 5.97 Å². The van der Waals surface area contributed by atoms with Gasteiger partial charge in [0.2, 0.25) is 5.13 Å². The van der Waals surface area contributed by atoms with Gasteiger partial charge in [-0.3, -0.25) is 4.79 Å². The molecule has 1 heterocycles. The molecule has 0 aliphatic carbocycles. The summed E-state index contributed by atoms with van der Waals surface area (Å²) in [6.45, 7) is 6.03. The van der Waals surface area contributed by atoms with E-state index in [1.54, 1.807) is 0 Å². The maximum atomic E-state index is 11.8. The second kappa shape index (κ2) is 5.88. The molecule has 0 aliphatic heterocycles. The highest BCUT2D eigenvalue weighted by molar-refractivity contribution is 8.02. The van der Waals surface area contributed by atoms with Crippen LogP contribution in [0.1, 0.15) is 20.8 Å². The fourth-order valence-electron chi connectivity index (χ4n) is 1.22. The number of aromatic nitrogens is 2. The van der Waals surface area contributed by atoms with Crippen molar-refractivity contribution in [1.29, 1.82) is 0 Å². The fraction of sp³-hybridized carbons (Fsp3) is 0.727. The van der Waals surface area contributed by atoms with Crippen LogP contribution in [0.25, 0.3) is 0 Å². The molecule has 0 amide bonds. The summed E-state index contributed by atoms with van der Waals surface area (Å²) in [6, 6.07) is 0. The third kappa shape index (κ3) is 3.84. The Morgan fingerprint density at radius 2 is 2.00 bits per heavy atom. The van der Waals surface area contributed by atoms with Gasteiger partial charge in [-0.05, 0) is 5.41 Å². The van der Waals surface area contributed by atoms with E-state index in [9.17, 15) is 4.79 Å². The second-order valence-corrected chi connectivity index (χ2v) is 7.44. The lowest BCUT2D eigenvalue weighted by atomic mass is 9.92. The number of esters is 1. The van der Waals surface area contributed by atoms with Crippen LogP contribution in [0.4, 0.5) is 5.13 Å². The van der Waals surface area contributed by atoms with Crippen molar-refractivity contribution in [1.82, 2.24) is 10.2 Å². The molecule has 1 unspecified atom stereocenters. The number of anilines is 1. The monoisotopic (exact) mass is 289 g/mol. The van der Waals surface area contributed by atoms with E-state index < -0.39 is 0 Å². The van der Waals surface area contributed by atoms with Gasteiger partial charge in [0, 0.05) is 14.1 Å². The molecule has 0 aromatic carbocycles. The lowest BCUT2D eigenvalue weighted by molar-refractivity contribution is -0.141. The van der Waals surface area contributed by atoms with Gasteiger partial charge in [-0.15, -0.1) is 10.2 Å². The zero-order chi connectivity index (χ0) is 13.9. The van der Waals surface area contributed by atoms with Crippen LogP contribution in [-0.2, 0) is 9.53 Å². The molecule has 7 heteroatoms. The summed E-state index contributed by atoms with van der Waals surface area (Å²) in [4.78, 5) is 13.7. The molecule has 1 aromatic heterocycles. The topological polar surface area (TPSA) is 55.3 Å². The lowest BCUT2D eigenvalue weighted by Crippen LogP contribution is -2.32. The van der Waals surface area contributed by atoms with E-state index in [2.05, 4.69) is 10.2 Å². The summed E-state index contributed by atoms with van der Waals surface area (Å²) >= 11 is 2.88. The number of hydrogen-bond acceptors (Lipinski definition) is 7. The number of rotatable bonds is 4. The van der Waals surface area contributed by atoms with Crippen LogP contribution < -0.4 is 4.90 Å². The zero-order valence-electron chi connectivity index (χ0n) is 11.6. The van der Waals surface area contributed by atoms with E-state index in [1.165, 1.54) is 30.2 Å². The fourth-order valence-corrected chi connectivity index (χ4v) is 3.26. The van der Waals surface area contributed by atoms with Gasteiger partial charge in [-0.2, -0.15) is 0 Å². The minimum absolute atomic E-state index is 0.193. The Bertz CT molecular complexity index is 413. The van der Waals surface area contributed by atoms with Gasteiger partial charge in [-0.1, -0.05) is 43.9 Å². The van der Waals surface area contributed by atoms with Crippen molar-refractivity contribution in [2.24, 2.45) is 5.41 Å². The van der Waals surface area contributed by atoms with Gasteiger partial charge in [0.1, 0.15) is 5.25 Å². The molecule has 0 saturated heterocycles. The molecule has 1 aromatic rings. The summed E-state index contributed by atoms with van der Waals surface area (Å²) in [5.41, 5.74) is -0.193. The Morgan fingerprint density at radius 1 is 1.39 bits per heavy atom. The highest BCUT2D eigenvalue weighted by Crippen LogP contribution is 2.38. The minimum atomic E-state index is -0.287. The van der Waals surface area contributed by atoms with E-state index in [-0.39, 0.29) is 16.6 Å². The number of methoxy groups -OCH3 is 1. The summed E-state index contributed by atoms with van der Waals surface area (Å²) in [5.74, 6) is -0.228. The quantitative estimate of drug-likeness (QED) is 0.626. The first-order valence-corrected chi connectivity index (χ1v) is 7.20. The summed E-state index contributed by atoms with van der Waals surface area (Å²) < 4.78 is 5.63. The first-order valence-electron chi connectivity index (χ1n) is 5.51. The van der Waals surface area contributed by atoms with E-state index in [1.807, 2.05) is 39.8 Å². The molecule has 102 valence electrons. The van der Waals surface area contributed by atoms with E-state index in [0.29, 0.717) is 0 Å². The summed E-state index contributed by atoms with van der Waals surface area (Å²) in [6.07, 6.45) is 0. The number of ether oxygens (including phenoxy) is 1. The maximum Gasteiger partial charge on any atom is 0.319 e. The van der Waals surface area contributed by atoms with Gasteiger partial charge in [0.05, 0.1) is 7.11 Å². The molecule has 0 saturated carbocycles. The van der Waals surface area contributed by atoms with E-state index in [0.717, 1.165) is 9.47 Å². The van der Waals surface area contributed by atoms with E-state index in [4.69, 9.17) is 4.74 Å². The average Bonchev–Trinajstić information content (AvgIpc) is 2.72. The van der Waals surface area contributed by atoms with Crippen LogP contribution in [-0.4, -0.2) is 42.6 Å². The van der Waals surface area contributed by atoms with Crippen molar-refractivity contribution in [3.05, 3.63) is 0 Å². The highest BCUT2D eigenvalue weighted by atomic mass is 32.2.